The predicted octanol–water partition coefficient (Wildman–Crippen LogP) is 1.68. The van der Waals surface area contributed by atoms with Crippen molar-refractivity contribution >= 4 is 11.7 Å². The second-order valence-corrected chi connectivity index (χ2v) is 6.92. The van der Waals surface area contributed by atoms with Crippen LogP contribution in [0.5, 0.6) is 0 Å². The number of hydrogen-bond donors (Lipinski definition) is 1. The van der Waals surface area contributed by atoms with Gasteiger partial charge in [-0.3, -0.25) is 9.59 Å². The maximum Gasteiger partial charge on any atom is 0.233 e. The molecule has 1 N–H and O–H groups in total. The summed E-state index contributed by atoms with van der Waals surface area (Å²) < 4.78 is 5.51. The summed E-state index contributed by atoms with van der Waals surface area (Å²) in [6.45, 7) is 5.33. The molecule has 0 aromatic carbocycles. The molecule has 3 unspecified atom stereocenters. The SMILES string of the molecule is CC1(C)C(=O)C2(C(=O)NCC3CCCO3)CCC1C2. The fourth-order valence-electron chi connectivity index (χ4n) is 4.16. The van der Waals surface area contributed by atoms with Crippen LogP contribution in [0.25, 0.3) is 0 Å². The van der Waals surface area contributed by atoms with Gasteiger partial charge in [-0.15, -0.1) is 0 Å². The molecule has 2 saturated carbocycles. The van der Waals surface area contributed by atoms with Crippen LogP contribution in [0.1, 0.15) is 46.0 Å². The Kier molecular flexibility index (Phi) is 2.97. The van der Waals surface area contributed by atoms with Gasteiger partial charge in [0.1, 0.15) is 5.41 Å². The Morgan fingerprint density at radius 2 is 2.21 bits per heavy atom. The van der Waals surface area contributed by atoms with Gasteiger partial charge >= 0.3 is 0 Å². The molecule has 1 heterocycles. The molecule has 0 spiro atoms. The molecule has 4 nitrogen and oxygen atoms in total. The lowest BCUT2D eigenvalue weighted by atomic mass is 9.70. The Labute approximate surface area is 114 Å². The first kappa shape index (κ1) is 13.1. The average molecular weight is 265 g/mol. The topological polar surface area (TPSA) is 55.4 Å². The zero-order valence-electron chi connectivity index (χ0n) is 11.8. The number of nitrogens with one attached hydrogen (secondary N) is 1. The molecule has 1 aliphatic heterocycles. The van der Waals surface area contributed by atoms with Crippen molar-refractivity contribution in [3.05, 3.63) is 0 Å². The van der Waals surface area contributed by atoms with Crippen LogP contribution < -0.4 is 5.32 Å². The molecular weight excluding hydrogens is 242 g/mol. The lowest BCUT2D eigenvalue weighted by Crippen LogP contribution is -2.48. The molecule has 1 amide bonds. The Morgan fingerprint density at radius 3 is 2.79 bits per heavy atom. The second kappa shape index (κ2) is 4.30. The molecule has 3 atom stereocenters. The molecule has 0 aromatic rings. The first-order valence-electron chi connectivity index (χ1n) is 7.41. The van der Waals surface area contributed by atoms with E-state index >= 15 is 0 Å². The number of rotatable bonds is 3. The Balaban J connectivity index is 1.67. The maximum absolute atomic E-state index is 12.6. The molecule has 0 radical (unpaired) electrons. The molecular formula is C15H23NO3. The normalized spacial score (nSPS) is 39.8. The first-order chi connectivity index (χ1) is 8.97. The van der Waals surface area contributed by atoms with E-state index < -0.39 is 5.41 Å². The van der Waals surface area contributed by atoms with Crippen molar-refractivity contribution in [1.82, 2.24) is 5.32 Å². The predicted molar refractivity (Wildman–Crippen MR) is 70.5 cm³/mol. The van der Waals surface area contributed by atoms with Crippen LogP contribution in [0.3, 0.4) is 0 Å². The molecule has 3 rings (SSSR count). The van der Waals surface area contributed by atoms with Crippen molar-refractivity contribution < 1.29 is 14.3 Å². The van der Waals surface area contributed by atoms with Gasteiger partial charge in [-0.05, 0) is 38.0 Å². The van der Waals surface area contributed by atoms with Crippen LogP contribution in [-0.2, 0) is 14.3 Å². The summed E-state index contributed by atoms with van der Waals surface area (Å²) in [7, 11) is 0. The number of ketones is 1. The summed E-state index contributed by atoms with van der Waals surface area (Å²) in [4.78, 5) is 25.0. The summed E-state index contributed by atoms with van der Waals surface area (Å²) >= 11 is 0. The summed E-state index contributed by atoms with van der Waals surface area (Å²) in [5.74, 6) is 0.482. The van der Waals surface area contributed by atoms with Gasteiger partial charge in [0.05, 0.1) is 6.10 Å². The van der Waals surface area contributed by atoms with E-state index in [4.69, 9.17) is 4.74 Å². The van der Waals surface area contributed by atoms with Gasteiger partial charge in [-0.25, -0.2) is 0 Å². The van der Waals surface area contributed by atoms with Crippen LogP contribution in [0, 0.1) is 16.7 Å². The van der Waals surface area contributed by atoms with E-state index in [1.165, 1.54) is 0 Å². The first-order valence-corrected chi connectivity index (χ1v) is 7.41. The van der Waals surface area contributed by atoms with Crippen LogP contribution in [0.4, 0.5) is 0 Å². The Hall–Kier alpha value is -0.900. The van der Waals surface area contributed by atoms with Gasteiger partial charge in [0.2, 0.25) is 5.91 Å². The third-order valence-corrected chi connectivity index (χ3v) is 5.50. The maximum atomic E-state index is 12.6. The molecule has 3 fully saturated rings. The fourth-order valence-corrected chi connectivity index (χ4v) is 4.16. The van der Waals surface area contributed by atoms with Gasteiger partial charge < -0.3 is 10.1 Å². The van der Waals surface area contributed by atoms with Crippen molar-refractivity contribution in [1.29, 1.82) is 0 Å². The second-order valence-electron chi connectivity index (χ2n) is 6.92. The minimum atomic E-state index is -0.729. The monoisotopic (exact) mass is 265 g/mol. The minimum Gasteiger partial charge on any atom is -0.376 e. The van der Waals surface area contributed by atoms with Gasteiger partial charge in [-0.1, -0.05) is 13.8 Å². The van der Waals surface area contributed by atoms with E-state index in [1.807, 2.05) is 13.8 Å². The van der Waals surface area contributed by atoms with Gasteiger partial charge in [-0.2, -0.15) is 0 Å². The summed E-state index contributed by atoms with van der Waals surface area (Å²) in [5.41, 5.74) is -1.05. The number of ether oxygens (including phenoxy) is 1. The largest absolute Gasteiger partial charge is 0.376 e. The van der Waals surface area contributed by atoms with Crippen LogP contribution in [0.2, 0.25) is 0 Å². The van der Waals surface area contributed by atoms with Crippen LogP contribution in [-0.4, -0.2) is 30.9 Å². The standard InChI is InChI=1S/C15H23NO3/c1-14(2)10-5-6-15(8-10,12(14)17)13(18)16-9-11-4-3-7-19-11/h10-11H,3-9H2,1-2H3,(H,16,18). The van der Waals surface area contributed by atoms with E-state index in [-0.39, 0.29) is 23.2 Å². The highest BCUT2D eigenvalue weighted by Crippen LogP contribution is 2.60. The van der Waals surface area contributed by atoms with Gasteiger partial charge in [0, 0.05) is 18.6 Å². The number of amides is 1. The quantitative estimate of drug-likeness (QED) is 0.790. The summed E-state index contributed by atoms with van der Waals surface area (Å²) in [6, 6.07) is 0. The average Bonchev–Trinajstić information content (AvgIpc) is 3.07. The molecule has 3 aliphatic rings. The van der Waals surface area contributed by atoms with E-state index in [9.17, 15) is 9.59 Å². The molecule has 2 bridgehead atoms. The molecule has 19 heavy (non-hydrogen) atoms. The highest BCUT2D eigenvalue weighted by atomic mass is 16.5. The van der Waals surface area contributed by atoms with Gasteiger partial charge in [0.25, 0.3) is 0 Å². The third kappa shape index (κ3) is 1.83. The zero-order chi connectivity index (χ0) is 13.7. The molecule has 4 heteroatoms. The number of Topliss-reactive ketones (excluding diaryl/α,β-unsaturated/α-hetero) is 1. The van der Waals surface area contributed by atoms with Gasteiger partial charge in [0.15, 0.2) is 5.78 Å². The fraction of sp³-hybridized carbons (Fsp3) is 0.867. The lowest BCUT2D eigenvalue weighted by Gasteiger charge is -2.32. The van der Waals surface area contributed by atoms with E-state index in [2.05, 4.69) is 5.32 Å². The highest BCUT2D eigenvalue weighted by molar-refractivity contribution is 6.10. The van der Waals surface area contributed by atoms with Crippen molar-refractivity contribution in [3.8, 4) is 0 Å². The number of hydrogen-bond acceptors (Lipinski definition) is 3. The molecule has 106 valence electrons. The number of carbonyl (C=O) groups excluding carboxylic acids is 2. The highest BCUT2D eigenvalue weighted by Gasteiger charge is 2.64. The van der Waals surface area contributed by atoms with E-state index in [0.29, 0.717) is 12.5 Å². The summed E-state index contributed by atoms with van der Waals surface area (Å²) in [5, 5.41) is 2.97. The van der Waals surface area contributed by atoms with E-state index in [1.54, 1.807) is 0 Å². The lowest BCUT2D eigenvalue weighted by molar-refractivity contribution is -0.145. The van der Waals surface area contributed by atoms with Crippen molar-refractivity contribution in [3.63, 3.8) is 0 Å². The Morgan fingerprint density at radius 1 is 1.42 bits per heavy atom. The van der Waals surface area contributed by atoms with Crippen LogP contribution in [0.15, 0.2) is 0 Å². The smallest absolute Gasteiger partial charge is 0.233 e. The third-order valence-electron chi connectivity index (χ3n) is 5.50. The van der Waals surface area contributed by atoms with E-state index in [0.717, 1.165) is 38.7 Å². The number of fused-ring (bicyclic) bond motifs is 2. The van der Waals surface area contributed by atoms with Crippen molar-refractivity contribution in [2.45, 2.75) is 52.1 Å². The van der Waals surface area contributed by atoms with Crippen LogP contribution >= 0.6 is 0 Å². The molecule has 0 aromatic heterocycles. The zero-order valence-corrected chi connectivity index (χ0v) is 11.8. The minimum absolute atomic E-state index is 0.0546. The molecule has 1 saturated heterocycles. The number of carbonyl (C=O) groups is 2. The Bertz CT molecular complexity index is 412. The van der Waals surface area contributed by atoms with Crippen molar-refractivity contribution in [2.24, 2.45) is 16.7 Å². The molecule has 2 aliphatic carbocycles. The van der Waals surface area contributed by atoms with Crippen molar-refractivity contribution in [2.75, 3.05) is 13.2 Å². The summed E-state index contributed by atoms with van der Waals surface area (Å²) in [6.07, 6.45) is 4.70.